The smallest absolute Gasteiger partial charge is 0.271 e. The Morgan fingerprint density at radius 1 is 1.32 bits per heavy atom. The van der Waals surface area contributed by atoms with Crippen LogP contribution in [0.5, 0.6) is 5.75 Å². The summed E-state index contributed by atoms with van der Waals surface area (Å²) in [6.45, 7) is 4.65. The molecule has 6 nitrogen and oxygen atoms in total. The van der Waals surface area contributed by atoms with Gasteiger partial charge in [-0.1, -0.05) is 4.49 Å². The van der Waals surface area contributed by atoms with E-state index in [1.165, 1.54) is 17.1 Å². The number of piperidine rings is 1. The van der Waals surface area contributed by atoms with Gasteiger partial charge in [0.25, 0.3) is 5.91 Å². The average molecular weight is 358 g/mol. The first-order chi connectivity index (χ1) is 12.0. The maximum absolute atomic E-state index is 13.2. The third kappa shape index (κ3) is 2.62. The van der Waals surface area contributed by atoms with Gasteiger partial charge >= 0.3 is 0 Å². The summed E-state index contributed by atoms with van der Waals surface area (Å²) in [6.07, 6.45) is 2.10. The van der Waals surface area contributed by atoms with E-state index in [0.29, 0.717) is 10.6 Å². The van der Waals surface area contributed by atoms with Gasteiger partial charge in [0.15, 0.2) is 0 Å². The molecule has 1 saturated heterocycles. The summed E-state index contributed by atoms with van der Waals surface area (Å²) in [6, 6.07) is 6.07. The van der Waals surface area contributed by atoms with E-state index in [1.54, 1.807) is 7.11 Å². The van der Waals surface area contributed by atoms with Crippen molar-refractivity contribution in [2.75, 3.05) is 38.7 Å². The molecule has 1 aromatic heterocycles. The number of hydrogen-bond acceptors (Lipinski definition) is 6. The number of methoxy groups -OCH3 is 1. The molecule has 7 heteroatoms. The average Bonchev–Trinajstić information content (AvgIpc) is 3.19. The number of aromatic nitrogens is 2. The van der Waals surface area contributed by atoms with E-state index in [2.05, 4.69) is 27.6 Å². The fourth-order valence-electron chi connectivity index (χ4n) is 3.98. The Balaban J connectivity index is 1.77. The van der Waals surface area contributed by atoms with Gasteiger partial charge in [-0.15, -0.1) is 5.10 Å². The van der Waals surface area contributed by atoms with Crippen LogP contribution in [0, 0.1) is 6.92 Å². The molecule has 1 spiro atoms. The molecule has 132 valence electrons. The van der Waals surface area contributed by atoms with Crippen LogP contribution in [0.15, 0.2) is 18.2 Å². The normalized spacial score (nSPS) is 19.2. The van der Waals surface area contributed by atoms with Gasteiger partial charge in [-0.3, -0.25) is 4.79 Å². The summed E-state index contributed by atoms with van der Waals surface area (Å²) in [5.74, 6) is 0.858. The number of aryl methyl sites for hydroxylation is 1. The van der Waals surface area contributed by atoms with Crippen molar-refractivity contribution in [3.05, 3.63) is 34.3 Å². The molecule has 0 unspecified atom stereocenters. The second-order valence-electron chi connectivity index (χ2n) is 7.05. The number of hydrogen-bond donors (Lipinski definition) is 0. The van der Waals surface area contributed by atoms with E-state index in [4.69, 9.17) is 4.74 Å². The van der Waals surface area contributed by atoms with E-state index >= 15 is 0 Å². The van der Waals surface area contributed by atoms with Crippen molar-refractivity contribution in [1.29, 1.82) is 0 Å². The fraction of sp³-hybridized carbons (Fsp3) is 0.500. The van der Waals surface area contributed by atoms with Crippen LogP contribution in [-0.2, 0) is 5.41 Å². The minimum absolute atomic E-state index is 0.00900. The van der Waals surface area contributed by atoms with E-state index in [9.17, 15) is 4.79 Å². The van der Waals surface area contributed by atoms with Crippen molar-refractivity contribution in [3.63, 3.8) is 0 Å². The summed E-state index contributed by atoms with van der Waals surface area (Å²) in [5.41, 5.74) is 2.96. The van der Waals surface area contributed by atoms with Gasteiger partial charge in [0.05, 0.1) is 12.8 Å². The second kappa shape index (κ2) is 6.07. The number of carbonyl (C=O) groups is 1. The van der Waals surface area contributed by atoms with Crippen LogP contribution in [0.4, 0.5) is 5.69 Å². The predicted octanol–water partition coefficient (Wildman–Crippen LogP) is 2.48. The highest BCUT2D eigenvalue weighted by Gasteiger charge is 2.46. The Bertz CT molecular complexity index is 811. The Morgan fingerprint density at radius 3 is 2.72 bits per heavy atom. The van der Waals surface area contributed by atoms with Gasteiger partial charge in [0, 0.05) is 17.6 Å². The topological polar surface area (TPSA) is 58.6 Å². The molecular formula is C18H22N4O2S. The quantitative estimate of drug-likeness (QED) is 0.825. The van der Waals surface area contributed by atoms with Gasteiger partial charge in [-0.25, -0.2) is 0 Å². The number of fused-ring (bicyclic) bond motifs is 2. The highest BCUT2D eigenvalue weighted by atomic mass is 32.1. The molecule has 0 bridgehead atoms. The van der Waals surface area contributed by atoms with Crippen LogP contribution < -0.4 is 9.64 Å². The molecule has 1 amide bonds. The van der Waals surface area contributed by atoms with E-state index in [1.807, 2.05) is 24.0 Å². The van der Waals surface area contributed by atoms with Crippen LogP contribution in [0.3, 0.4) is 0 Å². The monoisotopic (exact) mass is 358 g/mol. The molecule has 2 aliphatic rings. The molecule has 0 N–H and O–H groups in total. The van der Waals surface area contributed by atoms with Gasteiger partial charge in [0.1, 0.15) is 10.6 Å². The van der Waals surface area contributed by atoms with E-state index in [0.717, 1.165) is 43.9 Å². The molecule has 0 radical (unpaired) electrons. The number of nitrogens with zero attached hydrogens (tertiary/aromatic N) is 4. The number of benzene rings is 1. The van der Waals surface area contributed by atoms with Crippen LogP contribution in [0.1, 0.15) is 33.8 Å². The number of rotatable bonds is 2. The molecule has 1 fully saturated rings. The SMILES string of the molecule is COc1ccc2c(c1)C1(CCN(C)CC1)CN2C(=O)c1snnc1C. The first-order valence-electron chi connectivity index (χ1n) is 8.52. The standard InChI is InChI=1S/C18H22N4O2S/c1-12-16(25-20-19-12)17(23)22-11-18(6-8-21(2)9-7-18)14-10-13(24-3)4-5-15(14)22/h4-5,10H,6-9,11H2,1-3H3. The Hall–Kier alpha value is -1.99. The lowest BCUT2D eigenvalue weighted by atomic mass is 9.74. The minimum atomic E-state index is 0.00900. The number of amides is 1. The van der Waals surface area contributed by atoms with Gasteiger partial charge in [-0.05, 0) is 75.2 Å². The third-order valence-corrected chi connectivity index (χ3v) is 6.38. The maximum atomic E-state index is 13.2. The first-order valence-corrected chi connectivity index (χ1v) is 9.29. The first kappa shape index (κ1) is 16.5. The highest BCUT2D eigenvalue weighted by Crippen LogP contribution is 2.48. The molecule has 1 aromatic carbocycles. The molecule has 2 aromatic rings. The third-order valence-electron chi connectivity index (χ3n) is 5.56. The summed E-state index contributed by atoms with van der Waals surface area (Å²) < 4.78 is 9.38. The van der Waals surface area contributed by atoms with Crippen LogP contribution in [-0.4, -0.2) is 54.2 Å². The number of anilines is 1. The zero-order valence-corrected chi connectivity index (χ0v) is 15.6. The molecule has 4 rings (SSSR count). The van der Waals surface area contributed by atoms with Crippen molar-refractivity contribution in [2.45, 2.75) is 25.2 Å². The largest absolute Gasteiger partial charge is 0.497 e. The number of ether oxygens (including phenoxy) is 1. The Labute approximate surface area is 151 Å². The summed E-state index contributed by atoms with van der Waals surface area (Å²) in [5, 5.41) is 4.00. The molecular weight excluding hydrogens is 336 g/mol. The molecule has 3 heterocycles. The predicted molar refractivity (Wildman–Crippen MR) is 97.7 cm³/mol. The Morgan fingerprint density at radius 2 is 2.08 bits per heavy atom. The zero-order chi connectivity index (χ0) is 17.6. The minimum Gasteiger partial charge on any atom is -0.497 e. The molecule has 0 aliphatic carbocycles. The second-order valence-corrected chi connectivity index (χ2v) is 7.80. The van der Waals surface area contributed by atoms with Crippen molar-refractivity contribution < 1.29 is 9.53 Å². The highest BCUT2D eigenvalue weighted by molar-refractivity contribution is 7.08. The van der Waals surface area contributed by atoms with Crippen molar-refractivity contribution >= 4 is 23.1 Å². The van der Waals surface area contributed by atoms with Gasteiger partial charge in [0.2, 0.25) is 0 Å². The molecule has 0 saturated carbocycles. The number of likely N-dealkylation sites (tertiary alicyclic amines) is 1. The maximum Gasteiger partial charge on any atom is 0.271 e. The summed E-state index contributed by atoms with van der Waals surface area (Å²) >= 11 is 1.18. The Kier molecular flexibility index (Phi) is 4.00. The lowest BCUT2D eigenvalue weighted by molar-refractivity contribution is 0.0982. The molecule has 0 atom stereocenters. The lowest BCUT2D eigenvalue weighted by Gasteiger charge is -2.38. The lowest BCUT2D eigenvalue weighted by Crippen LogP contribution is -2.44. The van der Waals surface area contributed by atoms with Crippen LogP contribution >= 0.6 is 11.5 Å². The van der Waals surface area contributed by atoms with Crippen LogP contribution in [0.2, 0.25) is 0 Å². The summed E-state index contributed by atoms with van der Waals surface area (Å²) in [7, 11) is 3.84. The molecule has 2 aliphatic heterocycles. The fourth-order valence-corrected chi connectivity index (χ4v) is 4.59. The number of carbonyl (C=O) groups excluding carboxylic acids is 1. The van der Waals surface area contributed by atoms with Crippen LogP contribution in [0.25, 0.3) is 0 Å². The van der Waals surface area contributed by atoms with Crippen molar-refractivity contribution in [2.24, 2.45) is 0 Å². The zero-order valence-electron chi connectivity index (χ0n) is 14.8. The van der Waals surface area contributed by atoms with Gasteiger partial charge < -0.3 is 14.5 Å². The van der Waals surface area contributed by atoms with E-state index < -0.39 is 0 Å². The molecule has 25 heavy (non-hydrogen) atoms. The summed E-state index contributed by atoms with van der Waals surface area (Å²) in [4.78, 5) is 18.1. The van der Waals surface area contributed by atoms with Gasteiger partial charge in [-0.2, -0.15) is 0 Å². The van der Waals surface area contributed by atoms with Crippen molar-refractivity contribution in [3.8, 4) is 5.75 Å². The van der Waals surface area contributed by atoms with Crippen molar-refractivity contribution in [1.82, 2.24) is 14.5 Å². The van der Waals surface area contributed by atoms with E-state index in [-0.39, 0.29) is 11.3 Å².